The molecular weight excluding hydrogens is 460 g/mol. The lowest BCUT2D eigenvalue weighted by atomic mass is 10.2. The third-order valence-electron chi connectivity index (χ3n) is 3.93. The zero-order valence-corrected chi connectivity index (χ0v) is 18.1. The van der Waals surface area contributed by atoms with E-state index in [9.17, 15) is 4.79 Å². The van der Waals surface area contributed by atoms with Crippen molar-refractivity contribution in [3.05, 3.63) is 80.7 Å². The second-order valence-electron chi connectivity index (χ2n) is 6.02. The van der Waals surface area contributed by atoms with Crippen LogP contribution in [-0.4, -0.2) is 19.2 Å². The standard InChI is InChI=1S/C21H18BrClN2O4/c1-13-7-8-18(29-13)21(26)25-24-11-14-9-16(22)20(19(10-14)27-2)28-12-15-5-3-4-6-17(15)23/h3-11H,12H2,1-2H3,(H,25,26)/b24-11-. The number of hydrazone groups is 1. The molecule has 1 amide bonds. The fourth-order valence-corrected chi connectivity index (χ4v) is 3.26. The number of rotatable bonds is 7. The molecule has 6 nitrogen and oxygen atoms in total. The molecule has 3 rings (SSSR count). The number of benzene rings is 2. The lowest BCUT2D eigenvalue weighted by Gasteiger charge is -2.14. The molecule has 1 heterocycles. The van der Waals surface area contributed by atoms with E-state index in [1.54, 1.807) is 38.3 Å². The summed E-state index contributed by atoms with van der Waals surface area (Å²) < 4.78 is 17.3. The van der Waals surface area contributed by atoms with Gasteiger partial charge in [-0.3, -0.25) is 4.79 Å². The van der Waals surface area contributed by atoms with E-state index in [2.05, 4.69) is 26.5 Å². The molecule has 0 aliphatic rings. The molecule has 0 radical (unpaired) electrons. The fraction of sp³-hybridized carbons (Fsp3) is 0.143. The third-order valence-corrected chi connectivity index (χ3v) is 4.88. The van der Waals surface area contributed by atoms with E-state index in [1.165, 1.54) is 6.21 Å². The number of hydrogen-bond donors (Lipinski definition) is 1. The Balaban J connectivity index is 1.70. The summed E-state index contributed by atoms with van der Waals surface area (Å²) in [5.41, 5.74) is 3.99. The Kier molecular flexibility index (Phi) is 6.95. The number of nitrogens with zero attached hydrogens (tertiary/aromatic N) is 1. The zero-order chi connectivity index (χ0) is 20.8. The highest BCUT2D eigenvalue weighted by Crippen LogP contribution is 2.37. The van der Waals surface area contributed by atoms with Gasteiger partial charge in [-0.25, -0.2) is 5.43 Å². The molecule has 0 atom stereocenters. The summed E-state index contributed by atoms with van der Waals surface area (Å²) in [4.78, 5) is 12.0. The number of methoxy groups -OCH3 is 1. The van der Waals surface area contributed by atoms with Crippen LogP contribution in [-0.2, 0) is 6.61 Å². The van der Waals surface area contributed by atoms with Gasteiger partial charge < -0.3 is 13.9 Å². The number of nitrogens with one attached hydrogen (secondary N) is 1. The van der Waals surface area contributed by atoms with Crippen molar-refractivity contribution in [3.8, 4) is 11.5 Å². The van der Waals surface area contributed by atoms with Gasteiger partial charge in [0.2, 0.25) is 0 Å². The van der Waals surface area contributed by atoms with Crippen molar-refractivity contribution in [2.24, 2.45) is 5.10 Å². The summed E-state index contributed by atoms with van der Waals surface area (Å²) in [5.74, 6) is 1.47. The van der Waals surface area contributed by atoms with Gasteiger partial charge in [-0.05, 0) is 58.7 Å². The minimum absolute atomic E-state index is 0.196. The maximum Gasteiger partial charge on any atom is 0.307 e. The minimum Gasteiger partial charge on any atom is -0.493 e. The third kappa shape index (κ3) is 5.40. The molecule has 0 saturated carbocycles. The highest BCUT2D eigenvalue weighted by Gasteiger charge is 2.13. The number of ether oxygens (including phenoxy) is 2. The smallest absolute Gasteiger partial charge is 0.307 e. The number of carbonyl (C=O) groups excluding carboxylic acids is 1. The van der Waals surface area contributed by atoms with Crippen molar-refractivity contribution in [2.45, 2.75) is 13.5 Å². The highest BCUT2D eigenvalue weighted by molar-refractivity contribution is 9.10. The number of carbonyl (C=O) groups is 1. The quantitative estimate of drug-likeness (QED) is 0.367. The molecule has 2 aromatic carbocycles. The van der Waals surface area contributed by atoms with Gasteiger partial charge in [0.25, 0.3) is 0 Å². The van der Waals surface area contributed by atoms with Gasteiger partial charge >= 0.3 is 5.91 Å². The lowest BCUT2D eigenvalue weighted by molar-refractivity contribution is 0.0926. The van der Waals surface area contributed by atoms with Crippen molar-refractivity contribution in [2.75, 3.05) is 7.11 Å². The highest BCUT2D eigenvalue weighted by atomic mass is 79.9. The van der Waals surface area contributed by atoms with Crippen molar-refractivity contribution >= 4 is 39.7 Å². The topological polar surface area (TPSA) is 73.1 Å². The Hall–Kier alpha value is -2.77. The van der Waals surface area contributed by atoms with Crippen molar-refractivity contribution in [1.29, 1.82) is 0 Å². The molecule has 0 aliphatic carbocycles. The Labute approximate surface area is 181 Å². The number of aryl methyl sites for hydroxylation is 1. The Bertz CT molecular complexity index is 1050. The van der Waals surface area contributed by atoms with Gasteiger partial charge in [0.15, 0.2) is 17.3 Å². The van der Waals surface area contributed by atoms with Gasteiger partial charge in [0, 0.05) is 10.6 Å². The summed E-state index contributed by atoms with van der Waals surface area (Å²) >= 11 is 9.67. The van der Waals surface area contributed by atoms with E-state index >= 15 is 0 Å². The first-order chi connectivity index (χ1) is 14.0. The molecule has 0 fully saturated rings. The summed E-state index contributed by atoms with van der Waals surface area (Å²) in [6.45, 7) is 2.06. The van der Waals surface area contributed by atoms with E-state index < -0.39 is 5.91 Å². The second kappa shape index (κ2) is 9.62. The largest absolute Gasteiger partial charge is 0.493 e. The van der Waals surface area contributed by atoms with Crippen molar-refractivity contribution in [3.63, 3.8) is 0 Å². The molecule has 3 aromatic rings. The predicted octanol–water partition coefficient (Wildman–Crippen LogP) is 5.36. The Morgan fingerprint density at radius 3 is 2.76 bits per heavy atom. The van der Waals surface area contributed by atoms with Crippen LogP contribution in [0.5, 0.6) is 11.5 Å². The number of furan rings is 1. The molecule has 0 bridgehead atoms. The average Bonchev–Trinajstić information content (AvgIpc) is 3.14. The number of halogens is 2. The predicted molar refractivity (Wildman–Crippen MR) is 115 cm³/mol. The van der Waals surface area contributed by atoms with Gasteiger partial charge in [-0.1, -0.05) is 29.8 Å². The molecule has 0 saturated heterocycles. The van der Waals surface area contributed by atoms with Gasteiger partial charge in [-0.15, -0.1) is 0 Å². The summed E-state index contributed by atoms with van der Waals surface area (Å²) in [5, 5.41) is 4.59. The normalized spacial score (nSPS) is 10.9. The van der Waals surface area contributed by atoms with Gasteiger partial charge in [-0.2, -0.15) is 5.10 Å². The van der Waals surface area contributed by atoms with Crippen molar-refractivity contribution in [1.82, 2.24) is 5.43 Å². The Morgan fingerprint density at radius 2 is 2.07 bits per heavy atom. The van der Waals surface area contributed by atoms with E-state index in [0.29, 0.717) is 38.9 Å². The van der Waals surface area contributed by atoms with Crippen LogP contribution in [0.15, 0.2) is 62.5 Å². The lowest BCUT2D eigenvalue weighted by Crippen LogP contribution is -2.16. The first-order valence-electron chi connectivity index (χ1n) is 8.61. The molecule has 1 N–H and O–H groups in total. The molecular formula is C21H18BrClN2O4. The van der Waals surface area contributed by atoms with Crippen LogP contribution in [0.2, 0.25) is 5.02 Å². The Morgan fingerprint density at radius 1 is 1.28 bits per heavy atom. The summed E-state index contributed by atoms with van der Waals surface area (Å²) in [6, 6.07) is 14.3. The molecule has 1 aromatic heterocycles. The molecule has 0 aliphatic heterocycles. The average molecular weight is 478 g/mol. The van der Waals surface area contributed by atoms with Crippen LogP contribution >= 0.6 is 27.5 Å². The van der Waals surface area contributed by atoms with Gasteiger partial charge in [0.1, 0.15) is 12.4 Å². The van der Waals surface area contributed by atoms with Gasteiger partial charge in [0.05, 0.1) is 17.8 Å². The zero-order valence-electron chi connectivity index (χ0n) is 15.7. The maximum absolute atomic E-state index is 12.0. The number of hydrogen-bond acceptors (Lipinski definition) is 5. The van der Waals surface area contributed by atoms with Crippen LogP contribution in [0, 0.1) is 6.92 Å². The fourth-order valence-electron chi connectivity index (χ4n) is 2.50. The summed E-state index contributed by atoms with van der Waals surface area (Å²) in [6.07, 6.45) is 1.50. The van der Waals surface area contributed by atoms with Crippen LogP contribution in [0.3, 0.4) is 0 Å². The molecule has 8 heteroatoms. The van der Waals surface area contributed by atoms with Crippen molar-refractivity contribution < 1.29 is 18.7 Å². The van der Waals surface area contributed by atoms with Crippen LogP contribution in [0.25, 0.3) is 0 Å². The molecule has 0 unspecified atom stereocenters. The SMILES string of the molecule is COc1cc(/C=N\NC(=O)c2ccc(C)o2)cc(Br)c1OCc1ccccc1Cl. The molecule has 0 spiro atoms. The van der Waals surface area contributed by atoms with Crippen LogP contribution in [0.4, 0.5) is 0 Å². The van der Waals surface area contributed by atoms with E-state index in [0.717, 1.165) is 5.56 Å². The van der Waals surface area contributed by atoms with Crippen LogP contribution in [0.1, 0.15) is 27.4 Å². The molecule has 29 heavy (non-hydrogen) atoms. The van der Waals surface area contributed by atoms with E-state index in [4.69, 9.17) is 25.5 Å². The summed E-state index contributed by atoms with van der Waals surface area (Å²) in [7, 11) is 1.55. The first-order valence-corrected chi connectivity index (χ1v) is 9.78. The molecule has 150 valence electrons. The second-order valence-corrected chi connectivity index (χ2v) is 7.29. The van der Waals surface area contributed by atoms with E-state index in [-0.39, 0.29) is 5.76 Å². The number of amides is 1. The van der Waals surface area contributed by atoms with E-state index in [1.807, 2.05) is 24.3 Å². The maximum atomic E-state index is 12.0. The minimum atomic E-state index is -0.430. The van der Waals surface area contributed by atoms with Crippen LogP contribution < -0.4 is 14.9 Å². The first kappa shape index (κ1) is 21.0. The monoisotopic (exact) mass is 476 g/mol.